The molecule has 0 bridgehead atoms. The number of nitrogens with zero attached hydrogens (tertiary/aromatic N) is 1. The summed E-state index contributed by atoms with van der Waals surface area (Å²) in [5, 5.41) is 7.04. The maximum absolute atomic E-state index is 13.1. The van der Waals surface area contributed by atoms with Crippen LogP contribution in [0.25, 0.3) is 0 Å². The van der Waals surface area contributed by atoms with Crippen LogP contribution in [0.5, 0.6) is 11.5 Å². The van der Waals surface area contributed by atoms with Crippen LogP contribution < -0.4 is 25.8 Å². The van der Waals surface area contributed by atoms with Gasteiger partial charge in [-0.05, 0) is 36.1 Å². The van der Waals surface area contributed by atoms with E-state index < -0.39 is 35.8 Å². The van der Waals surface area contributed by atoms with Crippen LogP contribution >= 0.6 is 11.3 Å². The van der Waals surface area contributed by atoms with Gasteiger partial charge in [0.1, 0.15) is 17.1 Å². The zero-order valence-corrected chi connectivity index (χ0v) is 17.4. The Balaban J connectivity index is 1.52. The van der Waals surface area contributed by atoms with Gasteiger partial charge in [0.2, 0.25) is 5.91 Å². The molecule has 0 spiro atoms. The van der Waals surface area contributed by atoms with Gasteiger partial charge in [-0.15, -0.1) is 11.3 Å². The van der Waals surface area contributed by atoms with Gasteiger partial charge in [0, 0.05) is 6.42 Å². The lowest BCUT2D eigenvalue weighted by molar-refractivity contribution is -0.133. The minimum absolute atomic E-state index is 0.160. The Morgan fingerprint density at radius 3 is 2.71 bits per heavy atom. The van der Waals surface area contributed by atoms with Gasteiger partial charge in [-0.1, -0.05) is 6.07 Å². The zero-order valence-electron chi connectivity index (χ0n) is 16.6. The van der Waals surface area contributed by atoms with Gasteiger partial charge in [0.05, 0.1) is 18.8 Å². The van der Waals surface area contributed by atoms with Gasteiger partial charge in [0.25, 0.3) is 11.8 Å². The maximum atomic E-state index is 13.1. The highest BCUT2D eigenvalue weighted by molar-refractivity contribution is 7.14. The lowest BCUT2D eigenvalue weighted by Crippen LogP contribution is -2.42. The van der Waals surface area contributed by atoms with Crippen LogP contribution in [0.1, 0.15) is 29.3 Å². The molecule has 1 atom stereocenters. The van der Waals surface area contributed by atoms with Crippen molar-refractivity contribution in [1.82, 2.24) is 10.2 Å². The third-order valence-electron chi connectivity index (χ3n) is 5.09. The molecule has 0 unspecified atom stereocenters. The largest absolute Gasteiger partial charge is 0.490 e. The molecule has 162 valence electrons. The molecule has 4 N–H and O–H groups in total. The van der Waals surface area contributed by atoms with E-state index >= 15 is 0 Å². The molecule has 1 aromatic carbocycles. The fourth-order valence-electron chi connectivity index (χ4n) is 3.42. The van der Waals surface area contributed by atoms with Crippen LogP contribution in [0.2, 0.25) is 0 Å². The molecule has 0 aliphatic carbocycles. The monoisotopic (exact) mass is 444 g/mol. The van der Waals surface area contributed by atoms with E-state index in [1.807, 2.05) is 0 Å². The predicted octanol–water partition coefficient (Wildman–Crippen LogP) is 1.41. The number of imide groups is 1. The molecular formula is C20H20N4O6S. The second-order valence-electron chi connectivity index (χ2n) is 7.23. The summed E-state index contributed by atoms with van der Waals surface area (Å²) in [6.07, 6.45) is 0.738. The quantitative estimate of drug-likeness (QED) is 0.596. The average molecular weight is 444 g/mol. The van der Waals surface area contributed by atoms with Gasteiger partial charge in [-0.3, -0.25) is 19.3 Å². The lowest BCUT2D eigenvalue weighted by Gasteiger charge is -2.23. The van der Waals surface area contributed by atoms with E-state index in [1.54, 1.807) is 30.5 Å². The fraction of sp³-hybridized carbons (Fsp3) is 0.300. The molecule has 2 aromatic rings. The Hall–Kier alpha value is -3.60. The van der Waals surface area contributed by atoms with Gasteiger partial charge in [0.15, 0.2) is 11.5 Å². The van der Waals surface area contributed by atoms with Gasteiger partial charge >= 0.3 is 6.03 Å². The minimum Gasteiger partial charge on any atom is -0.490 e. The van der Waals surface area contributed by atoms with Gasteiger partial charge in [-0.2, -0.15) is 0 Å². The molecule has 0 saturated carbocycles. The number of carbonyl (C=O) groups excluding carboxylic acids is 4. The van der Waals surface area contributed by atoms with Crippen molar-refractivity contribution in [3.05, 3.63) is 40.8 Å². The Bertz CT molecular complexity index is 1080. The molecular weight excluding hydrogens is 424 g/mol. The molecule has 10 nitrogen and oxygen atoms in total. The van der Waals surface area contributed by atoms with Crippen LogP contribution in [0.4, 0.5) is 9.80 Å². The van der Waals surface area contributed by atoms with Crippen molar-refractivity contribution in [2.75, 3.05) is 25.1 Å². The summed E-state index contributed by atoms with van der Waals surface area (Å²) in [5.41, 5.74) is 4.56. The first-order valence-electron chi connectivity index (χ1n) is 9.51. The standard InChI is InChI=1S/C20H20N4O6S/c1-20(11-3-4-13-14(9-11)30-7-2-6-29-13)18(27)24(19(28)23-20)10-15(25)22-17-12(16(21)26)5-8-31-17/h3-5,8-9H,2,6-7,10H2,1H3,(H2,21,26)(H,22,25)(H,23,28)/t20-/m1/s1. The number of carbonyl (C=O) groups is 4. The number of benzene rings is 1. The average Bonchev–Trinajstić information content (AvgIpc) is 3.16. The molecule has 4 rings (SSSR count). The Morgan fingerprint density at radius 1 is 1.23 bits per heavy atom. The lowest BCUT2D eigenvalue weighted by atomic mass is 9.91. The molecule has 1 fully saturated rings. The van der Waals surface area contributed by atoms with Crippen molar-refractivity contribution >= 4 is 40.1 Å². The smallest absolute Gasteiger partial charge is 0.325 e. The van der Waals surface area contributed by atoms with Crippen molar-refractivity contribution in [3.8, 4) is 11.5 Å². The van der Waals surface area contributed by atoms with E-state index in [2.05, 4.69) is 10.6 Å². The van der Waals surface area contributed by atoms with Crippen molar-refractivity contribution in [1.29, 1.82) is 0 Å². The highest BCUT2D eigenvalue weighted by Gasteiger charge is 2.49. The first-order chi connectivity index (χ1) is 14.8. The number of nitrogens with one attached hydrogen (secondary N) is 2. The number of nitrogens with two attached hydrogens (primary N) is 1. The summed E-state index contributed by atoms with van der Waals surface area (Å²) in [7, 11) is 0. The summed E-state index contributed by atoms with van der Waals surface area (Å²) < 4.78 is 11.3. The molecule has 11 heteroatoms. The number of hydrogen-bond acceptors (Lipinski definition) is 7. The topological polar surface area (TPSA) is 140 Å². The maximum Gasteiger partial charge on any atom is 0.325 e. The van der Waals surface area contributed by atoms with Crippen molar-refractivity contribution in [2.45, 2.75) is 18.9 Å². The fourth-order valence-corrected chi connectivity index (χ4v) is 4.23. The van der Waals surface area contributed by atoms with E-state index in [4.69, 9.17) is 15.2 Å². The zero-order chi connectivity index (χ0) is 22.2. The first-order valence-corrected chi connectivity index (χ1v) is 10.4. The Morgan fingerprint density at radius 2 is 1.97 bits per heavy atom. The van der Waals surface area contributed by atoms with E-state index in [9.17, 15) is 19.2 Å². The first kappa shape index (κ1) is 20.7. The van der Waals surface area contributed by atoms with Crippen LogP contribution in [0, 0.1) is 0 Å². The molecule has 1 aromatic heterocycles. The molecule has 31 heavy (non-hydrogen) atoms. The van der Waals surface area contributed by atoms with Crippen molar-refractivity contribution in [2.24, 2.45) is 5.73 Å². The summed E-state index contributed by atoms with van der Waals surface area (Å²) in [6, 6.07) is 5.82. The normalized spacial score (nSPS) is 20.2. The number of ether oxygens (including phenoxy) is 2. The molecule has 5 amide bonds. The second-order valence-corrected chi connectivity index (χ2v) is 8.15. The number of primary amides is 1. The number of hydrogen-bond donors (Lipinski definition) is 3. The third-order valence-corrected chi connectivity index (χ3v) is 5.92. The molecule has 3 heterocycles. The molecule has 0 radical (unpaired) electrons. The van der Waals surface area contributed by atoms with Gasteiger partial charge < -0.3 is 25.8 Å². The SMILES string of the molecule is C[C@]1(c2ccc3c(c2)OCCCO3)NC(=O)N(CC(=O)Nc2sccc2C(N)=O)C1=O. The van der Waals surface area contributed by atoms with Crippen LogP contribution in [0.3, 0.4) is 0 Å². The number of urea groups is 1. The molecule has 2 aliphatic rings. The van der Waals surface area contributed by atoms with Crippen molar-refractivity contribution < 1.29 is 28.7 Å². The third kappa shape index (κ3) is 3.79. The second kappa shape index (κ2) is 7.91. The Kier molecular flexibility index (Phi) is 5.27. The number of thiophene rings is 1. The summed E-state index contributed by atoms with van der Waals surface area (Å²) in [6.45, 7) is 2.06. The van der Waals surface area contributed by atoms with E-state index in [0.29, 0.717) is 30.3 Å². The van der Waals surface area contributed by atoms with E-state index in [1.165, 1.54) is 6.07 Å². The Labute approximate surface area is 181 Å². The molecule has 2 aliphatic heterocycles. The minimum atomic E-state index is -1.37. The summed E-state index contributed by atoms with van der Waals surface area (Å²) in [4.78, 5) is 50.3. The number of amides is 5. The van der Waals surface area contributed by atoms with Crippen LogP contribution in [-0.2, 0) is 15.1 Å². The predicted molar refractivity (Wildman–Crippen MR) is 111 cm³/mol. The molecule has 1 saturated heterocycles. The van der Waals surface area contributed by atoms with E-state index in [-0.39, 0.29) is 10.6 Å². The summed E-state index contributed by atoms with van der Waals surface area (Å²) in [5.74, 6) is -0.835. The van der Waals surface area contributed by atoms with Crippen LogP contribution in [0.15, 0.2) is 29.6 Å². The van der Waals surface area contributed by atoms with Crippen molar-refractivity contribution in [3.63, 3.8) is 0 Å². The number of fused-ring (bicyclic) bond motifs is 1. The highest BCUT2D eigenvalue weighted by Crippen LogP contribution is 2.36. The van der Waals surface area contributed by atoms with Crippen LogP contribution in [-0.4, -0.2) is 48.4 Å². The van der Waals surface area contributed by atoms with Gasteiger partial charge in [-0.25, -0.2) is 4.79 Å². The highest BCUT2D eigenvalue weighted by atomic mass is 32.1. The number of anilines is 1. The summed E-state index contributed by atoms with van der Waals surface area (Å²) >= 11 is 1.11. The number of rotatable bonds is 5. The van der Waals surface area contributed by atoms with E-state index in [0.717, 1.165) is 22.7 Å².